The van der Waals surface area contributed by atoms with E-state index < -0.39 is 5.54 Å². The summed E-state index contributed by atoms with van der Waals surface area (Å²) in [6, 6.07) is 3.78. The summed E-state index contributed by atoms with van der Waals surface area (Å²) in [5, 5.41) is 5.47. The monoisotopic (exact) mass is 365 g/mol. The molecule has 0 saturated carbocycles. The standard InChI is InChI=1S/C14H19N3O2S.2ClH/c1-9-4-5-11(19-9)13-17-10(7-20-13)6-12(18)16-8-14(2,3)15;;/h4-5,7H,6,8,15H2,1-3H3,(H,16,18);2*1H. The first-order chi connectivity index (χ1) is 9.33. The molecule has 0 fully saturated rings. The molecule has 8 heteroatoms. The Morgan fingerprint density at radius 3 is 2.64 bits per heavy atom. The van der Waals surface area contributed by atoms with E-state index in [-0.39, 0.29) is 37.1 Å². The summed E-state index contributed by atoms with van der Waals surface area (Å²) >= 11 is 1.47. The molecule has 0 bridgehead atoms. The number of nitrogens with one attached hydrogen (secondary N) is 1. The van der Waals surface area contributed by atoms with Gasteiger partial charge in [-0.2, -0.15) is 0 Å². The van der Waals surface area contributed by atoms with Crippen molar-refractivity contribution in [3.8, 4) is 10.8 Å². The summed E-state index contributed by atoms with van der Waals surface area (Å²) in [6.07, 6.45) is 0.256. The molecule has 0 aliphatic carbocycles. The highest BCUT2D eigenvalue weighted by atomic mass is 35.5. The molecule has 3 N–H and O–H groups in total. The minimum atomic E-state index is -0.408. The number of thiazole rings is 1. The molecule has 2 rings (SSSR count). The number of rotatable bonds is 5. The van der Waals surface area contributed by atoms with Crippen LogP contribution in [0.4, 0.5) is 0 Å². The average molecular weight is 366 g/mol. The van der Waals surface area contributed by atoms with Gasteiger partial charge >= 0.3 is 0 Å². The van der Waals surface area contributed by atoms with E-state index in [1.807, 2.05) is 38.3 Å². The van der Waals surface area contributed by atoms with E-state index >= 15 is 0 Å². The first-order valence-electron chi connectivity index (χ1n) is 6.40. The van der Waals surface area contributed by atoms with Crippen LogP contribution >= 0.6 is 36.2 Å². The second-order valence-electron chi connectivity index (χ2n) is 5.50. The van der Waals surface area contributed by atoms with Crippen LogP contribution < -0.4 is 11.1 Å². The second kappa shape index (κ2) is 8.53. The number of hydrogen-bond acceptors (Lipinski definition) is 5. The van der Waals surface area contributed by atoms with Gasteiger partial charge in [-0.3, -0.25) is 4.79 Å². The lowest BCUT2D eigenvalue weighted by atomic mass is 10.1. The van der Waals surface area contributed by atoms with Gasteiger partial charge in [-0.1, -0.05) is 0 Å². The maximum atomic E-state index is 11.8. The van der Waals surface area contributed by atoms with Gasteiger partial charge in [-0.25, -0.2) is 4.98 Å². The van der Waals surface area contributed by atoms with E-state index in [0.29, 0.717) is 6.54 Å². The van der Waals surface area contributed by atoms with Crippen molar-refractivity contribution in [1.82, 2.24) is 10.3 Å². The largest absolute Gasteiger partial charge is 0.459 e. The molecule has 2 aromatic heterocycles. The lowest BCUT2D eigenvalue weighted by molar-refractivity contribution is -0.120. The number of amides is 1. The van der Waals surface area contributed by atoms with Gasteiger partial charge in [-0.15, -0.1) is 36.2 Å². The highest BCUT2D eigenvalue weighted by Gasteiger charge is 2.14. The summed E-state index contributed by atoms with van der Waals surface area (Å²) in [7, 11) is 0. The zero-order valence-corrected chi connectivity index (χ0v) is 15.2. The van der Waals surface area contributed by atoms with Gasteiger partial charge < -0.3 is 15.5 Å². The number of nitrogens with zero attached hydrogens (tertiary/aromatic N) is 1. The average Bonchev–Trinajstić information content (AvgIpc) is 2.94. The molecule has 0 aliphatic heterocycles. The topological polar surface area (TPSA) is 81.2 Å². The number of carbonyl (C=O) groups excluding carboxylic acids is 1. The third kappa shape index (κ3) is 6.36. The Morgan fingerprint density at radius 2 is 2.09 bits per heavy atom. The van der Waals surface area contributed by atoms with Crippen LogP contribution in [0.15, 0.2) is 21.9 Å². The third-order valence-corrected chi connectivity index (χ3v) is 3.49. The Bertz CT molecular complexity index is 605. The number of aryl methyl sites for hydroxylation is 1. The molecule has 0 atom stereocenters. The molecular weight excluding hydrogens is 345 g/mol. The van der Waals surface area contributed by atoms with Crippen molar-refractivity contribution in [1.29, 1.82) is 0 Å². The molecular formula is C14H21Cl2N3O2S. The first-order valence-corrected chi connectivity index (χ1v) is 7.28. The Hall–Kier alpha value is -1.08. The van der Waals surface area contributed by atoms with Crippen molar-refractivity contribution >= 4 is 42.1 Å². The molecule has 0 aromatic carbocycles. The molecule has 0 radical (unpaired) electrons. The highest BCUT2D eigenvalue weighted by molar-refractivity contribution is 7.13. The molecule has 2 heterocycles. The van der Waals surface area contributed by atoms with Crippen LogP contribution in [0.1, 0.15) is 25.3 Å². The fourth-order valence-corrected chi connectivity index (χ4v) is 2.38. The minimum absolute atomic E-state index is 0. The Kier molecular flexibility index (Phi) is 8.11. The van der Waals surface area contributed by atoms with Gasteiger partial charge in [-0.05, 0) is 32.9 Å². The first kappa shape index (κ1) is 20.9. The predicted octanol–water partition coefficient (Wildman–Crippen LogP) is 2.95. The van der Waals surface area contributed by atoms with Crippen LogP contribution in [-0.2, 0) is 11.2 Å². The van der Waals surface area contributed by atoms with Crippen molar-refractivity contribution in [2.24, 2.45) is 5.73 Å². The molecule has 22 heavy (non-hydrogen) atoms. The number of hydrogen-bond donors (Lipinski definition) is 2. The molecule has 5 nitrogen and oxygen atoms in total. The maximum absolute atomic E-state index is 11.8. The van der Waals surface area contributed by atoms with E-state index in [2.05, 4.69) is 10.3 Å². The summed E-state index contributed by atoms with van der Waals surface area (Å²) in [5.74, 6) is 1.51. The second-order valence-corrected chi connectivity index (χ2v) is 6.35. The molecule has 124 valence electrons. The van der Waals surface area contributed by atoms with E-state index in [0.717, 1.165) is 22.2 Å². The van der Waals surface area contributed by atoms with Crippen LogP contribution in [0, 0.1) is 6.92 Å². The molecule has 1 amide bonds. The Morgan fingerprint density at radius 1 is 1.41 bits per heavy atom. The number of furan rings is 1. The van der Waals surface area contributed by atoms with Crippen molar-refractivity contribution in [3.63, 3.8) is 0 Å². The quantitative estimate of drug-likeness (QED) is 0.853. The van der Waals surface area contributed by atoms with Gasteiger partial charge in [0.1, 0.15) is 5.76 Å². The van der Waals surface area contributed by atoms with E-state index in [4.69, 9.17) is 10.2 Å². The number of aromatic nitrogens is 1. The van der Waals surface area contributed by atoms with Crippen LogP contribution in [0.3, 0.4) is 0 Å². The Balaban J connectivity index is 0.00000220. The minimum Gasteiger partial charge on any atom is -0.459 e. The van der Waals surface area contributed by atoms with Crippen LogP contribution in [0.25, 0.3) is 10.8 Å². The molecule has 0 spiro atoms. The molecule has 0 unspecified atom stereocenters. The van der Waals surface area contributed by atoms with E-state index in [1.54, 1.807) is 0 Å². The summed E-state index contributed by atoms with van der Waals surface area (Å²) in [6.45, 7) is 6.07. The van der Waals surface area contributed by atoms with E-state index in [1.165, 1.54) is 11.3 Å². The van der Waals surface area contributed by atoms with Gasteiger partial charge in [0.15, 0.2) is 10.8 Å². The Labute approximate surface area is 146 Å². The molecule has 0 aliphatic rings. The fraction of sp³-hybridized carbons (Fsp3) is 0.429. The van der Waals surface area contributed by atoms with Crippen molar-refractivity contribution in [2.75, 3.05) is 6.54 Å². The number of carbonyl (C=O) groups is 1. The van der Waals surface area contributed by atoms with Crippen molar-refractivity contribution in [2.45, 2.75) is 32.7 Å². The maximum Gasteiger partial charge on any atom is 0.226 e. The van der Waals surface area contributed by atoms with Crippen LogP contribution in [-0.4, -0.2) is 23.0 Å². The van der Waals surface area contributed by atoms with Crippen molar-refractivity contribution < 1.29 is 9.21 Å². The smallest absolute Gasteiger partial charge is 0.226 e. The van der Waals surface area contributed by atoms with Gasteiger partial charge in [0.2, 0.25) is 5.91 Å². The molecule has 2 aromatic rings. The zero-order valence-electron chi connectivity index (χ0n) is 12.7. The fourth-order valence-electron chi connectivity index (χ4n) is 1.60. The highest BCUT2D eigenvalue weighted by Crippen LogP contribution is 2.25. The van der Waals surface area contributed by atoms with Crippen LogP contribution in [0.2, 0.25) is 0 Å². The number of nitrogens with two attached hydrogens (primary N) is 1. The lowest BCUT2D eigenvalue weighted by Gasteiger charge is -2.18. The zero-order chi connectivity index (χ0) is 14.8. The predicted molar refractivity (Wildman–Crippen MR) is 94.0 cm³/mol. The van der Waals surface area contributed by atoms with Gasteiger partial charge in [0.25, 0.3) is 0 Å². The van der Waals surface area contributed by atoms with Gasteiger partial charge in [0, 0.05) is 17.5 Å². The van der Waals surface area contributed by atoms with Crippen molar-refractivity contribution in [3.05, 3.63) is 29.0 Å². The summed E-state index contributed by atoms with van der Waals surface area (Å²) in [5.41, 5.74) is 6.15. The third-order valence-electron chi connectivity index (χ3n) is 2.59. The summed E-state index contributed by atoms with van der Waals surface area (Å²) < 4.78 is 5.51. The van der Waals surface area contributed by atoms with Crippen LogP contribution in [0.5, 0.6) is 0 Å². The lowest BCUT2D eigenvalue weighted by Crippen LogP contribution is -2.45. The number of halogens is 2. The van der Waals surface area contributed by atoms with E-state index in [9.17, 15) is 4.79 Å². The normalized spacial score (nSPS) is 10.5. The molecule has 0 saturated heterocycles. The van der Waals surface area contributed by atoms with Gasteiger partial charge in [0.05, 0.1) is 12.1 Å². The SMILES string of the molecule is Cc1ccc(-c2nc(CC(=O)NCC(C)(C)N)cs2)o1.Cl.Cl. The summed E-state index contributed by atoms with van der Waals surface area (Å²) in [4.78, 5) is 16.2.